The summed E-state index contributed by atoms with van der Waals surface area (Å²) < 4.78 is 11.1. The van der Waals surface area contributed by atoms with Crippen molar-refractivity contribution in [2.75, 3.05) is 11.9 Å². The smallest absolute Gasteiger partial charge is 0.356 e. The summed E-state index contributed by atoms with van der Waals surface area (Å²) in [5, 5.41) is 15.9. The van der Waals surface area contributed by atoms with Crippen LogP contribution in [-0.4, -0.2) is 50.7 Å². The van der Waals surface area contributed by atoms with Gasteiger partial charge in [0.1, 0.15) is 11.5 Å². The van der Waals surface area contributed by atoms with Crippen LogP contribution in [0.1, 0.15) is 79.1 Å². The Morgan fingerprint density at radius 3 is 2.48 bits per heavy atom. The molecule has 2 aromatic heterocycles. The summed E-state index contributed by atoms with van der Waals surface area (Å²) >= 11 is 14.5. The monoisotopic (exact) mass is 622 g/mol. The van der Waals surface area contributed by atoms with Crippen molar-refractivity contribution in [2.45, 2.75) is 82.0 Å². The number of nitrogens with zero attached hydrogens (tertiary/aromatic N) is 4. The molecule has 10 heteroatoms. The SMILES string of the molecule is CN(c1ccc2c(C(=O)O)nsc2c1)C1CC2(C1)CC1CCC(C2)N1Cc1c(-c2c(Cl)cccc2Cl)noc1C1CC1. The maximum Gasteiger partial charge on any atom is 0.356 e. The van der Waals surface area contributed by atoms with E-state index in [0.717, 1.165) is 52.2 Å². The van der Waals surface area contributed by atoms with Crippen LogP contribution in [0.2, 0.25) is 10.0 Å². The number of hydrogen-bond acceptors (Lipinski definition) is 7. The van der Waals surface area contributed by atoms with Crippen molar-refractivity contribution in [3.63, 3.8) is 0 Å². The molecule has 4 heterocycles. The Hall–Kier alpha value is -2.65. The molecule has 2 aliphatic heterocycles. The van der Waals surface area contributed by atoms with Crippen LogP contribution in [0.15, 0.2) is 40.9 Å². The summed E-state index contributed by atoms with van der Waals surface area (Å²) in [7, 11) is 2.17. The quantitative estimate of drug-likeness (QED) is 0.222. The van der Waals surface area contributed by atoms with Crippen molar-refractivity contribution in [2.24, 2.45) is 5.41 Å². The van der Waals surface area contributed by atoms with E-state index in [-0.39, 0.29) is 5.69 Å². The van der Waals surface area contributed by atoms with Gasteiger partial charge in [0.2, 0.25) is 0 Å². The first-order valence-corrected chi connectivity index (χ1v) is 16.4. The minimum Gasteiger partial charge on any atom is -0.476 e. The second-order valence-corrected chi connectivity index (χ2v) is 14.5. The fourth-order valence-electron chi connectivity index (χ4n) is 8.10. The molecule has 0 amide bonds. The lowest BCUT2D eigenvalue weighted by molar-refractivity contribution is -0.0268. The van der Waals surface area contributed by atoms with Gasteiger partial charge in [-0.1, -0.05) is 34.4 Å². The number of benzene rings is 2. The van der Waals surface area contributed by atoms with E-state index >= 15 is 0 Å². The number of anilines is 1. The van der Waals surface area contributed by atoms with Crippen molar-refractivity contribution in [1.29, 1.82) is 0 Å². The standard InChI is InChI=1S/C32H32Cl2N4O3S/c1-37(18-9-10-22-26(11-18)42-36-29(22)31(39)40)21-14-32(15-21)12-19-7-8-20(13-32)38(19)16-23-28(35-41-30(23)17-5-6-17)27-24(33)3-2-4-25(27)34/h2-4,9-11,17,19-21H,5-8,12-16H2,1H3,(H,39,40). The van der Waals surface area contributed by atoms with E-state index in [1.54, 1.807) is 0 Å². The Balaban J connectivity index is 0.989. The Kier molecular flexibility index (Phi) is 6.38. The number of aromatic carboxylic acids is 1. The van der Waals surface area contributed by atoms with E-state index in [9.17, 15) is 9.90 Å². The van der Waals surface area contributed by atoms with E-state index in [1.807, 2.05) is 30.3 Å². The van der Waals surface area contributed by atoms with Crippen LogP contribution in [0, 0.1) is 5.41 Å². The van der Waals surface area contributed by atoms with Gasteiger partial charge in [-0.2, -0.15) is 4.37 Å². The van der Waals surface area contributed by atoms with Crippen molar-refractivity contribution in [1.82, 2.24) is 14.4 Å². The molecule has 0 radical (unpaired) electrons. The fourth-order valence-corrected chi connectivity index (χ4v) is 9.48. The molecule has 4 aromatic rings. The lowest BCUT2D eigenvalue weighted by Crippen LogP contribution is -2.57. The zero-order valence-corrected chi connectivity index (χ0v) is 25.7. The molecule has 1 N–H and O–H groups in total. The van der Waals surface area contributed by atoms with Crippen LogP contribution in [0.5, 0.6) is 0 Å². The maximum atomic E-state index is 11.5. The molecule has 2 atom stereocenters. The van der Waals surface area contributed by atoms with E-state index in [1.165, 1.54) is 55.6 Å². The fraction of sp³-hybridized carbons (Fsp3) is 0.469. The van der Waals surface area contributed by atoms with Gasteiger partial charge < -0.3 is 14.5 Å². The molecule has 2 aromatic carbocycles. The van der Waals surface area contributed by atoms with Crippen LogP contribution in [0.4, 0.5) is 5.69 Å². The van der Waals surface area contributed by atoms with Crippen LogP contribution >= 0.6 is 34.7 Å². The van der Waals surface area contributed by atoms with Gasteiger partial charge in [0.05, 0.1) is 14.7 Å². The molecule has 4 fully saturated rings. The first kappa shape index (κ1) is 26.9. The third-order valence-corrected chi connectivity index (χ3v) is 11.8. The Morgan fingerprint density at radius 2 is 1.81 bits per heavy atom. The molecule has 7 nitrogen and oxygen atoms in total. The van der Waals surface area contributed by atoms with Gasteiger partial charge in [-0.05, 0) is 98.6 Å². The van der Waals surface area contributed by atoms with E-state index < -0.39 is 5.97 Å². The van der Waals surface area contributed by atoms with Gasteiger partial charge in [-0.25, -0.2) is 4.79 Å². The van der Waals surface area contributed by atoms with Gasteiger partial charge in [-0.3, -0.25) is 4.90 Å². The normalized spacial score (nSPS) is 27.1. The minimum absolute atomic E-state index is 0.145. The number of halogens is 2. The molecule has 2 saturated carbocycles. The van der Waals surface area contributed by atoms with Crippen molar-refractivity contribution in [3.05, 3.63) is 63.5 Å². The molecule has 42 heavy (non-hydrogen) atoms. The van der Waals surface area contributed by atoms with Gasteiger partial charge in [0, 0.05) is 59.8 Å². The summed E-state index contributed by atoms with van der Waals surface area (Å²) in [5.41, 5.74) is 4.45. The number of hydrogen-bond donors (Lipinski definition) is 1. The molecular weight excluding hydrogens is 591 g/mol. The number of rotatable bonds is 7. The van der Waals surface area contributed by atoms with Gasteiger partial charge >= 0.3 is 5.97 Å². The summed E-state index contributed by atoms with van der Waals surface area (Å²) in [6.45, 7) is 0.841. The molecule has 2 unspecified atom stereocenters. The van der Waals surface area contributed by atoms with Crippen LogP contribution in [0.25, 0.3) is 21.3 Å². The lowest BCUT2D eigenvalue weighted by atomic mass is 9.58. The second-order valence-electron chi connectivity index (χ2n) is 12.9. The highest BCUT2D eigenvalue weighted by Gasteiger charge is 2.55. The van der Waals surface area contributed by atoms with Gasteiger partial charge in [0.25, 0.3) is 0 Å². The third-order valence-electron chi connectivity index (χ3n) is 10.4. The summed E-state index contributed by atoms with van der Waals surface area (Å²) in [6.07, 6.45) is 9.66. The van der Waals surface area contributed by atoms with Crippen molar-refractivity contribution < 1.29 is 14.4 Å². The Labute approximate surface area is 258 Å². The predicted octanol–water partition coefficient (Wildman–Crippen LogP) is 8.25. The van der Waals surface area contributed by atoms with E-state index in [2.05, 4.69) is 32.4 Å². The number of carboxylic acids is 1. The van der Waals surface area contributed by atoms with Crippen LogP contribution in [-0.2, 0) is 6.54 Å². The zero-order chi connectivity index (χ0) is 28.7. The first-order chi connectivity index (χ1) is 20.3. The molecule has 2 aliphatic carbocycles. The number of carbonyl (C=O) groups is 1. The lowest BCUT2D eigenvalue weighted by Gasteiger charge is -2.57. The third kappa shape index (κ3) is 4.36. The van der Waals surface area contributed by atoms with Crippen molar-refractivity contribution >= 4 is 56.5 Å². The molecule has 2 saturated heterocycles. The largest absolute Gasteiger partial charge is 0.476 e. The number of aromatic nitrogens is 2. The van der Waals surface area contributed by atoms with Gasteiger partial charge in [0.15, 0.2) is 5.69 Å². The highest BCUT2D eigenvalue weighted by atomic mass is 35.5. The topological polar surface area (TPSA) is 82.7 Å². The second kappa shape index (κ2) is 9.94. The molecular formula is C32H32Cl2N4O3S. The van der Waals surface area contributed by atoms with Crippen LogP contribution in [0.3, 0.4) is 0 Å². The molecule has 8 rings (SSSR count). The first-order valence-electron chi connectivity index (χ1n) is 14.8. The highest BCUT2D eigenvalue weighted by molar-refractivity contribution is 7.13. The molecule has 218 valence electrons. The predicted molar refractivity (Wildman–Crippen MR) is 166 cm³/mol. The maximum absolute atomic E-state index is 11.5. The van der Waals surface area contributed by atoms with Crippen LogP contribution < -0.4 is 4.90 Å². The van der Waals surface area contributed by atoms with Crippen molar-refractivity contribution in [3.8, 4) is 11.3 Å². The number of fused-ring (bicyclic) bond motifs is 3. The molecule has 4 aliphatic rings. The van der Waals surface area contributed by atoms with E-state index in [4.69, 9.17) is 27.7 Å². The summed E-state index contributed by atoms with van der Waals surface area (Å²) in [4.78, 5) is 16.6. The average Bonchev–Trinajstić information content (AvgIpc) is 3.50. The number of piperidine rings is 1. The number of carboxylic acid groups (broad SMARTS) is 1. The minimum atomic E-state index is -0.971. The molecule has 2 bridgehead atoms. The zero-order valence-electron chi connectivity index (χ0n) is 23.4. The van der Waals surface area contributed by atoms with E-state index in [0.29, 0.717) is 39.5 Å². The summed E-state index contributed by atoms with van der Waals surface area (Å²) in [6, 6.07) is 13.3. The molecule has 1 spiro atoms. The average molecular weight is 624 g/mol. The Morgan fingerprint density at radius 1 is 1.10 bits per heavy atom. The van der Waals surface area contributed by atoms with Gasteiger partial charge in [-0.15, -0.1) is 0 Å². The highest BCUT2D eigenvalue weighted by Crippen LogP contribution is 2.58. The summed E-state index contributed by atoms with van der Waals surface area (Å²) in [5.74, 6) is 0.513. The Bertz CT molecular complexity index is 1670.